The minimum atomic E-state index is 0.328. The second-order valence-electron chi connectivity index (χ2n) is 8.39. The molecule has 0 saturated carbocycles. The molecule has 0 saturated heterocycles. The Labute approximate surface area is 163 Å². The second-order valence-corrected chi connectivity index (χ2v) is 8.39. The Kier molecular flexibility index (Phi) is 21.8. The first-order valence-electron chi connectivity index (χ1n) is 10.7. The average Bonchev–Trinajstić information content (AvgIpc) is 2.55. The number of allylic oxidation sites excluding steroid dienone is 4. The van der Waals surface area contributed by atoms with Crippen molar-refractivity contribution in [1.29, 1.82) is 0 Å². The van der Waals surface area contributed by atoms with E-state index >= 15 is 0 Å². The topological polar surface area (TPSA) is 0 Å². The van der Waals surface area contributed by atoms with Gasteiger partial charge in [-0.2, -0.15) is 0 Å². The van der Waals surface area contributed by atoms with Gasteiger partial charge in [0.25, 0.3) is 0 Å². The van der Waals surface area contributed by atoms with Crippen LogP contribution < -0.4 is 0 Å². The van der Waals surface area contributed by atoms with Crippen LogP contribution >= 0.6 is 0 Å². The zero-order valence-electron chi connectivity index (χ0n) is 21.1. The molecule has 25 heavy (non-hydrogen) atoms. The molecule has 0 aromatic rings. The molecule has 0 radical (unpaired) electrons. The van der Waals surface area contributed by atoms with Gasteiger partial charge in [0.2, 0.25) is 0 Å². The van der Waals surface area contributed by atoms with Gasteiger partial charge >= 0.3 is 0 Å². The Bertz CT molecular complexity index is 339. The van der Waals surface area contributed by atoms with E-state index < -0.39 is 0 Å². The van der Waals surface area contributed by atoms with Crippen LogP contribution in [0.25, 0.3) is 0 Å². The fourth-order valence-electron chi connectivity index (χ4n) is 2.61. The van der Waals surface area contributed by atoms with Crippen molar-refractivity contribution in [1.82, 2.24) is 0 Å². The first kappa shape index (κ1) is 32.2. The maximum Gasteiger partial charge on any atom is -0.0149 e. The van der Waals surface area contributed by atoms with Crippen LogP contribution in [0.5, 0.6) is 0 Å². The van der Waals surface area contributed by atoms with Gasteiger partial charge < -0.3 is 0 Å². The molecule has 0 rings (SSSR count). The van der Waals surface area contributed by atoms with Crippen LogP contribution in [0.3, 0.4) is 0 Å². The third kappa shape index (κ3) is 18.1. The Morgan fingerprint density at radius 3 is 1.36 bits per heavy atom. The monoisotopic (exact) mass is 354 g/mol. The summed E-state index contributed by atoms with van der Waals surface area (Å²) in [5.74, 6) is 0.645. The molecule has 0 spiro atoms. The van der Waals surface area contributed by atoms with Crippen molar-refractivity contribution in [3.63, 3.8) is 0 Å². The van der Waals surface area contributed by atoms with E-state index in [0.717, 1.165) is 6.42 Å². The normalized spacial score (nSPS) is 13.8. The number of hydrogen-bond donors (Lipinski definition) is 0. The van der Waals surface area contributed by atoms with Crippen LogP contribution in [0.15, 0.2) is 22.8 Å². The molecule has 0 aliphatic carbocycles. The highest BCUT2D eigenvalue weighted by molar-refractivity contribution is 5.27. The molecule has 0 aromatic carbocycles. The molecule has 0 aromatic heterocycles. The van der Waals surface area contributed by atoms with Crippen molar-refractivity contribution in [2.75, 3.05) is 0 Å². The summed E-state index contributed by atoms with van der Waals surface area (Å²) in [5, 5.41) is 0. The summed E-state index contributed by atoms with van der Waals surface area (Å²) >= 11 is 0. The highest BCUT2D eigenvalue weighted by Gasteiger charge is 2.30. The molecule has 1 atom stereocenters. The third-order valence-electron chi connectivity index (χ3n) is 4.06. The van der Waals surface area contributed by atoms with Gasteiger partial charge in [0.1, 0.15) is 0 Å². The lowest BCUT2D eigenvalue weighted by Gasteiger charge is -2.36. The maximum atomic E-state index is 2.42. The largest absolute Gasteiger partial charge is 0.0707 e. The van der Waals surface area contributed by atoms with E-state index in [2.05, 4.69) is 75.3 Å². The molecule has 0 amide bonds. The maximum absolute atomic E-state index is 2.42. The summed E-state index contributed by atoms with van der Waals surface area (Å²) in [6.07, 6.45) is 4.81. The first-order chi connectivity index (χ1) is 11.4. The second kappa shape index (κ2) is 16.9. The molecule has 0 heteroatoms. The molecule has 0 aliphatic heterocycles. The molecular formula is C25H54. The quantitative estimate of drug-likeness (QED) is 0.440. The van der Waals surface area contributed by atoms with Gasteiger partial charge in [-0.3, -0.25) is 0 Å². The molecule has 1 unspecified atom stereocenters. The van der Waals surface area contributed by atoms with Crippen molar-refractivity contribution < 1.29 is 0 Å². The SMILES string of the molecule is CC.CC.CC.CC/C(C)=C(C)/C=C(\C)C(CC(C)(C)C)C(C)(C)C. The zero-order valence-corrected chi connectivity index (χ0v) is 21.1. The van der Waals surface area contributed by atoms with Gasteiger partial charge in [-0.15, -0.1) is 0 Å². The lowest BCUT2D eigenvalue weighted by atomic mass is 9.69. The standard InChI is InChI=1S/C19H36.3C2H6/c1-11-14(2)15(3)12-16(4)17(19(8,9)10)13-18(5,6)7;3*1-2/h12,17H,11,13H2,1-10H3;3*1-2H3/b15-14+,16-12+;;;. The minimum absolute atomic E-state index is 0.328. The van der Waals surface area contributed by atoms with E-state index in [4.69, 9.17) is 0 Å². The minimum Gasteiger partial charge on any atom is -0.0707 e. The average molecular weight is 355 g/mol. The van der Waals surface area contributed by atoms with Gasteiger partial charge in [0.15, 0.2) is 0 Å². The summed E-state index contributed by atoms with van der Waals surface area (Å²) in [4.78, 5) is 0. The van der Waals surface area contributed by atoms with Crippen LogP contribution in [0.4, 0.5) is 0 Å². The third-order valence-corrected chi connectivity index (χ3v) is 4.06. The van der Waals surface area contributed by atoms with Crippen molar-refractivity contribution in [2.45, 2.75) is 124 Å². The molecule has 0 nitrogen and oxygen atoms in total. The van der Waals surface area contributed by atoms with Gasteiger partial charge in [-0.1, -0.05) is 113 Å². The van der Waals surface area contributed by atoms with E-state index in [1.54, 1.807) is 0 Å². The Morgan fingerprint density at radius 2 is 1.12 bits per heavy atom. The summed E-state index contributed by atoms with van der Waals surface area (Å²) < 4.78 is 0. The molecule has 0 heterocycles. The summed E-state index contributed by atoms with van der Waals surface area (Å²) in [6, 6.07) is 0. The molecule has 0 bridgehead atoms. The van der Waals surface area contributed by atoms with Crippen molar-refractivity contribution in [3.05, 3.63) is 22.8 Å². The van der Waals surface area contributed by atoms with Crippen molar-refractivity contribution in [3.8, 4) is 0 Å². The van der Waals surface area contributed by atoms with Crippen LogP contribution in [0.1, 0.15) is 124 Å². The lowest BCUT2D eigenvalue weighted by molar-refractivity contribution is 0.196. The number of rotatable bonds is 4. The van der Waals surface area contributed by atoms with Crippen molar-refractivity contribution in [2.24, 2.45) is 16.7 Å². The summed E-state index contributed by atoms with van der Waals surface area (Å²) in [6.45, 7) is 35.2. The number of hydrogen-bond acceptors (Lipinski definition) is 0. The van der Waals surface area contributed by atoms with E-state index in [0.29, 0.717) is 16.7 Å². The molecular weight excluding hydrogens is 300 g/mol. The Hall–Kier alpha value is -0.520. The summed E-state index contributed by atoms with van der Waals surface area (Å²) in [7, 11) is 0. The Morgan fingerprint density at radius 1 is 0.760 bits per heavy atom. The van der Waals surface area contributed by atoms with Gasteiger partial charge in [-0.05, 0) is 50.4 Å². The first-order valence-corrected chi connectivity index (χ1v) is 10.7. The molecule has 0 fully saturated rings. The lowest BCUT2D eigenvalue weighted by Crippen LogP contribution is -2.26. The summed E-state index contributed by atoms with van der Waals surface area (Å²) in [5.41, 5.74) is 5.19. The van der Waals surface area contributed by atoms with Crippen LogP contribution in [0, 0.1) is 16.7 Å². The van der Waals surface area contributed by atoms with Gasteiger partial charge in [0.05, 0.1) is 0 Å². The highest BCUT2D eigenvalue weighted by atomic mass is 14.3. The van der Waals surface area contributed by atoms with E-state index in [9.17, 15) is 0 Å². The predicted octanol–water partition coefficient (Wildman–Crippen LogP) is 9.86. The van der Waals surface area contributed by atoms with Gasteiger partial charge in [0, 0.05) is 0 Å². The van der Waals surface area contributed by atoms with Crippen LogP contribution in [0.2, 0.25) is 0 Å². The van der Waals surface area contributed by atoms with E-state index in [1.165, 1.54) is 23.1 Å². The fourth-order valence-corrected chi connectivity index (χ4v) is 2.61. The fraction of sp³-hybridized carbons (Fsp3) is 0.840. The smallest absolute Gasteiger partial charge is 0.0149 e. The zero-order chi connectivity index (χ0) is 21.4. The molecule has 0 aliphatic rings. The van der Waals surface area contributed by atoms with Crippen LogP contribution in [-0.2, 0) is 0 Å². The molecule has 0 N–H and O–H groups in total. The van der Waals surface area contributed by atoms with Gasteiger partial charge in [-0.25, -0.2) is 0 Å². The molecule has 154 valence electrons. The van der Waals surface area contributed by atoms with Crippen LogP contribution in [-0.4, -0.2) is 0 Å². The van der Waals surface area contributed by atoms with Crippen molar-refractivity contribution >= 4 is 0 Å². The predicted molar refractivity (Wildman–Crippen MR) is 123 cm³/mol. The van der Waals surface area contributed by atoms with E-state index in [-0.39, 0.29) is 0 Å². The highest BCUT2D eigenvalue weighted by Crippen LogP contribution is 2.40. The Balaban J connectivity index is -0.000000329. The van der Waals surface area contributed by atoms with E-state index in [1.807, 2.05) is 41.5 Å².